The van der Waals surface area contributed by atoms with Crippen molar-refractivity contribution in [3.05, 3.63) is 107 Å². The maximum absolute atomic E-state index is 11.4. The van der Waals surface area contributed by atoms with Gasteiger partial charge in [0.15, 0.2) is 0 Å². The van der Waals surface area contributed by atoms with Crippen LogP contribution in [0.5, 0.6) is 0 Å². The Morgan fingerprint density at radius 2 is 1.13 bits per heavy atom. The van der Waals surface area contributed by atoms with Gasteiger partial charge in [0.05, 0.1) is 5.60 Å². The lowest BCUT2D eigenvalue weighted by atomic mass is 9.82. The van der Waals surface area contributed by atoms with Gasteiger partial charge in [0.25, 0.3) is 0 Å². The number of rotatable bonds is 5. The molecule has 3 aromatic carbocycles. The lowest BCUT2D eigenvalue weighted by molar-refractivity contribution is 0.0371. The van der Waals surface area contributed by atoms with Gasteiger partial charge in [-0.05, 0) is 28.8 Å². The van der Waals surface area contributed by atoms with Crippen LogP contribution in [0.4, 0.5) is 0 Å². The first-order chi connectivity index (χ1) is 11.2. The summed E-state index contributed by atoms with van der Waals surface area (Å²) in [6.45, 7) is 0. The number of halogens is 1. The molecule has 0 aliphatic rings. The Hall–Kier alpha value is -2.09. The molecule has 2 heteroatoms. The van der Waals surface area contributed by atoms with Gasteiger partial charge in [-0.2, -0.15) is 0 Å². The third-order valence-corrected chi connectivity index (χ3v) is 4.31. The van der Waals surface area contributed by atoms with Crippen molar-refractivity contribution in [1.29, 1.82) is 0 Å². The highest BCUT2D eigenvalue weighted by Gasteiger charge is 2.29. The van der Waals surface area contributed by atoms with Crippen LogP contribution in [0.25, 0.3) is 0 Å². The van der Waals surface area contributed by atoms with Gasteiger partial charge in [0, 0.05) is 17.9 Å². The highest BCUT2D eigenvalue weighted by Crippen LogP contribution is 2.30. The molecule has 0 bridgehead atoms. The summed E-state index contributed by atoms with van der Waals surface area (Å²) in [6, 6.07) is 27.6. The fraction of sp³-hybridized carbons (Fsp3) is 0.143. The Kier molecular flexibility index (Phi) is 4.80. The highest BCUT2D eigenvalue weighted by atomic mass is 35.5. The van der Waals surface area contributed by atoms with Gasteiger partial charge in [0.1, 0.15) is 0 Å². The Labute approximate surface area is 142 Å². The van der Waals surface area contributed by atoms with Crippen LogP contribution < -0.4 is 0 Å². The summed E-state index contributed by atoms with van der Waals surface area (Å²) in [5, 5.41) is 12.1. The Morgan fingerprint density at radius 3 is 1.70 bits per heavy atom. The number of benzene rings is 3. The van der Waals surface area contributed by atoms with Crippen molar-refractivity contribution in [2.45, 2.75) is 18.4 Å². The van der Waals surface area contributed by atoms with Gasteiger partial charge >= 0.3 is 0 Å². The second kappa shape index (κ2) is 6.99. The third-order valence-electron chi connectivity index (χ3n) is 4.06. The molecule has 0 radical (unpaired) electrons. The standard InChI is InChI=1S/C21H19ClO/c22-20-13-11-18(12-14-20)16-21(23,19-9-5-2-6-10-19)15-17-7-3-1-4-8-17/h1-14,23H,15-16H2. The molecule has 1 N–H and O–H groups in total. The Morgan fingerprint density at radius 1 is 0.652 bits per heavy atom. The van der Waals surface area contributed by atoms with Gasteiger partial charge in [-0.3, -0.25) is 0 Å². The molecule has 0 aliphatic carbocycles. The smallest absolute Gasteiger partial charge is 0.0976 e. The highest BCUT2D eigenvalue weighted by molar-refractivity contribution is 6.30. The molecule has 0 saturated carbocycles. The summed E-state index contributed by atoms with van der Waals surface area (Å²) in [5.41, 5.74) is 2.17. The van der Waals surface area contributed by atoms with E-state index in [1.54, 1.807) is 0 Å². The second-order valence-electron chi connectivity index (χ2n) is 5.86. The van der Waals surface area contributed by atoms with Crippen LogP contribution in [0, 0.1) is 0 Å². The van der Waals surface area contributed by atoms with Crippen LogP contribution in [0.2, 0.25) is 5.02 Å². The van der Waals surface area contributed by atoms with Crippen molar-refractivity contribution < 1.29 is 5.11 Å². The zero-order valence-electron chi connectivity index (χ0n) is 12.8. The maximum atomic E-state index is 11.4. The number of hydrogen-bond acceptors (Lipinski definition) is 1. The SMILES string of the molecule is OC(Cc1ccccc1)(Cc1ccc(Cl)cc1)c1ccccc1. The fourth-order valence-electron chi connectivity index (χ4n) is 2.89. The average molecular weight is 323 g/mol. The number of aliphatic hydroxyl groups is 1. The molecule has 0 spiro atoms. The van der Waals surface area contributed by atoms with Gasteiger partial charge in [-0.1, -0.05) is 84.4 Å². The van der Waals surface area contributed by atoms with E-state index in [9.17, 15) is 5.11 Å². The topological polar surface area (TPSA) is 20.2 Å². The second-order valence-corrected chi connectivity index (χ2v) is 6.30. The van der Waals surface area contributed by atoms with Crippen molar-refractivity contribution in [3.8, 4) is 0 Å². The van der Waals surface area contributed by atoms with Crippen molar-refractivity contribution >= 4 is 11.6 Å². The zero-order valence-corrected chi connectivity index (χ0v) is 13.6. The summed E-state index contributed by atoms with van der Waals surface area (Å²) >= 11 is 5.97. The molecule has 0 heterocycles. The van der Waals surface area contributed by atoms with E-state index in [0.29, 0.717) is 17.9 Å². The molecule has 1 atom stereocenters. The summed E-state index contributed by atoms with van der Waals surface area (Å²) in [7, 11) is 0. The first-order valence-corrected chi connectivity index (χ1v) is 8.10. The summed E-state index contributed by atoms with van der Waals surface area (Å²) < 4.78 is 0. The zero-order chi connectivity index (χ0) is 16.1. The van der Waals surface area contributed by atoms with E-state index in [1.165, 1.54) is 0 Å². The fourth-order valence-corrected chi connectivity index (χ4v) is 3.01. The summed E-state index contributed by atoms with van der Waals surface area (Å²) in [5.74, 6) is 0. The molecule has 0 fully saturated rings. The third kappa shape index (κ3) is 4.01. The molecule has 3 aromatic rings. The van der Waals surface area contributed by atoms with Gasteiger partial charge in [0.2, 0.25) is 0 Å². The Balaban J connectivity index is 1.94. The summed E-state index contributed by atoms with van der Waals surface area (Å²) in [4.78, 5) is 0. The van der Waals surface area contributed by atoms with Crippen molar-refractivity contribution in [1.82, 2.24) is 0 Å². The number of hydrogen-bond donors (Lipinski definition) is 1. The average Bonchev–Trinajstić information content (AvgIpc) is 2.59. The van der Waals surface area contributed by atoms with E-state index >= 15 is 0 Å². The predicted octanol–water partition coefficient (Wildman–Crippen LogP) is 5.01. The van der Waals surface area contributed by atoms with Gasteiger partial charge in [-0.15, -0.1) is 0 Å². The van der Waals surface area contributed by atoms with E-state index in [4.69, 9.17) is 11.6 Å². The molecule has 0 saturated heterocycles. The molecular weight excluding hydrogens is 304 g/mol. The minimum atomic E-state index is -0.948. The molecule has 23 heavy (non-hydrogen) atoms. The largest absolute Gasteiger partial charge is 0.384 e. The van der Waals surface area contributed by atoms with Crippen LogP contribution in [-0.4, -0.2) is 5.11 Å². The van der Waals surface area contributed by atoms with Crippen LogP contribution in [0.15, 0.2) is 84.9 Å². The minimum Gasteiger partial charge on any atom is -0.384 e. The minimum absolute atomic E-state index is 0.545. The summed E-state index contributed by atoms with van der Waals surface area (Å²) in [6.07, 6.45) is 1.11. The molecule has 0 aromatic heterocycles. The van der Waals surface area contributed by atoms with E-state index < -0.39 is 5.60 Å². The van der Waals surface area contributed by atoms with Crippen LogP contribution in [-0.2, 0) is 18.4 Å². The molecule has 1 nitrogen and oxygen atoms in total. The van der Waals surface area contributed by atoms with Crippen molar-refractivity contribution in [3.63, 3.8) is 0 Å². The van der Waals surface area contributed by atoms with E-state index in [1.807, 2.05) is 72.8 Å². The van der Waals surface area contributed by atoms with Gasteiger partial charge in [-0.25, -0.2) is 0 Å². The van der Waals surface area contributed by atoms with E-state index in [2.05, 4.69) is 12.1 Å². The van der Waals surface area contributed by atoms with Crippen molar-refractivity contribution in [2.24, 2.45) is 0 Å². The van der Waals surface area contributed by atoms with E-state index in [-0.39, 0.29) is 0 Å². The van der Waals surface area contributed by atoms with Crippen LogP contribution >= 0.6 is 11.6 Å². The van der Waals surface area contributed by atoms with Crippen LogP contribution in [0.3, 0.4) is 0 Å². The van der Waals surface area contributed by atoms with Crippen LogP contribution in [0.1, 0.15) is 16.7 Å². The molecule has 0 aliphatic heterocycles. The monoisotopic (exact) mass is 322 g/mol. The molecule has 3 rings (SSSR count). The van der Waals surface area contributed by atoms with Gasteiger partial charge < -0.3 is 5.11 Å². The normalized spacial score (nSPS) is 13.5. The van der Waals surface area contributed by atoms with Crippen molar-refractivity contribution in [2.75, 3.05) is 0 Å². The Bertz CT molecular complexity index is 738. The lowest BCUT2D eigenvalue weighted by Crippen LogP contribution is -2.31. The first-order valence-electron chi connectivity index (χ1n) is 7.72. The molecule has 0 amide bonds. The maximum Gasteiger partial charge on any atom is 0.0976 e. The quantitative estimate of drug-likeness (QED) is 0.700. The molecule has 116 valence electrons. The predicted molar refractivity (Wildman–Crippen MR) is 95.6 cm³/mol. The lowest BCUT2D eigenvalue weighted by Gasteiger charge is -2.29. The molecule has 1 unspecified atom stereocenters. The van der Waals surface area contributed by atoms with E-state index in [0.717, 1.165) is 16.7 Å². The molecular formula is C21H19ClO. The first kappa shape index (κ1) is 15.8.